The molecule has 0 fully saturated rings. The van der Waals surface area contributed by atoms with Crippen molar-refractivity contribution in [3.63, 3.8) is 0 Å². The molecule has 0 saturated heterocycles. The Bertz CT molecular complexity index is 398. The lowest BCUT2D eigenvalue weighted by molar-refractivity contribution is 0.179. The van der Waals surface area contributed by atoms with E-state index in [1.807, 2.05) is 12.1 Å². The van der Waals surface area contributed by atoms with E-state index in [0.29, 0.717) is 5.56 Å². The Morgan fingerprint density at radius 1 is 1.29 bits per heavy atom. The second-order valence-electron chi connectivity index (χ2n) is 2.35. The van der Waals surface area contributed by atoms with Gasteiger partial charge in [0.1, 0.15) is 12.1 Å². The Morgan fingerprint density at radius 2 is 2.00 bits per heavy atom. The number of nitriles is 2. The van der Waals surface area contributed by atoms with E-state index in [4.69, 9.17) is 10.5 Å². The molecule has 68 valence electrons. The summed E-state index contributed by atoms with van der Waals surface area (Å²) in [6.45, 7) is -0.155. The van der Waals surface area contributed by atoms with E-state index in [1.165, 1.54) is 0 Å². The molecule has 0 unspecified atom stereocenters. The molecule has 0 aliphatic carbocycles. The van der Waals surface area contributed by atoms with Gasteiger partial charge in [-0.15, -0.1) is 0 Å². The van der Waals surface area contributed by atoms with Gasteiger partial charge in [0.25, 0.3) is 0 Å². The Balaban J connectivity index is 2.80. The van der Waals surface area contributed by atoms with Gasteiger partial charge in [-0.3, -0.25) is 0 Å². The van der Waals surface area contributed by atoms with Crippen LogP contribution in [-0.2, 0) is 4.84 Å². The molecule has 0 amide bonds. The molecule has 0 aromatic heterocycles. The summed E-state index contributed by atoms with van der Waals surface area (Å²) in [4.78, 5) is 4.59. The van der Waals surface area contributed by atoms with Gasteiger partial charge >= 0.3 is 0 Å². The number of hydrogen-bond donors (Lipinski definition) is 0. The van der Waals surface area contributed by atoms with Crippen LogP contribution < -0.4 is 0 Å². The molecule has 0 bridgehead atoms. The Labute approximate surface area is 81.6 Å². The molecule has 0 aliphatic rings. The van der Waals surface area contributed by atoms with Crippen molar-refractivity contribution >= 4 is 5.71 Å². The highest BCUT2D eigenvalue weighted by molar-refractivity contribution is 6.11. The van der Waals surface area contributed by atoms with E-state index in [0.717, 1.165) is 0 Å². The van der Waals surface area contributed by atoms with Crippen molar-refractivity contribution < 1.29 is 4.84 Å². The fourth-order valence-corrected chi connectivity index (χ4v) is 0.859. The Kier molecular flexibility index (Phi) is 3.72. The smallest absolute Gasteiger partial charge is 0.202 e. The maximum absolute atomic E-state index is 8.74. The molecule has 0 saturated carbocycles. The zero-order valence-corrected chi connectivity index (χ0v) is 7.34. The minimum absolute atomic E-state index is 0.155. The van der Waals surface area contributed by atoms with Crippen LogP contribution in [0.3, 0.4) is 0 Å². The van der Waals surface area contributed by atoms with E-state index >= 15 is 0 Å². The zero-order valence-electron chi connectivity index (χ0n) is 7.34. The van der Waals surface area contributed by atoms with Gasteiger partial charge in [0.2, 0.25) is 6.61 Å². The molecule has 1 aromatic rings. The van der Waals surface area contributed by atoms with Crippen LogP contribution in [0.25, 0.3) is 0 Å². The van der Waals surface area contributed by atoms with Gasteiger partial charge in [0, 0.05) is 5.56 Å². The summed E-state index contributed by atoms with van der Waals surface area (Å²) in [5.41, 5.74) is 0.841. The quantitative estimate of drug-likeness (QED) is 0.406. The summed E-state index contributed by atoms with van der Waals surface area (Å²) in [6, 6.07) is 12.6. The van der Waals surface area contributed by atoms with Gasteiger partial charge in [-0.2, -0.15) is 10.5 Å². The molecule has 1 rings (SSSR count). The van der Waals surface area contributed by atoms with Gasteiger partial charge in [-0.25, -0.2) is 0 Å². The summed E-state index contributed by atoms with van der Waals surface area (Å²) < 4.78 is 0. The van der Waals surface area contributed by atoms with Crippen molar-refractivity contribution in [2.45, 2.75) is 0 Å². The van der Waals surface area contributed by atoms with Crippen LogP contribution in [0.5, 0.6) is 0 Å². The molecular weight excluding hydrogens is 178 g/mol. The first kappa shape index (κ1) is 9.76. The highest BCUT2D eigenvalue weighted by Gasteiger charge is 2.00. The summed E-state index contributed by atoms with van der Waals surface area (Å²) in [5, 5.41) is 20.5. The van der Waals surface area contributed by atoms with Crippen molar-refractivity contribution in [2.75, 3.05) is 6.61 Å². The Hall–Kier alpha value is -2.33. The van der Waals surface area contributed by atoms with Gasteiger partial charge in [-0.1, -0.05) is 35.5 Å². The highest BCUT2D eigenvalue weighted by atomic mass is 16.6. The topological polar surface area (TPSA) is 69.2 Å². The molecular formula is C10H7N3O. The lowest BCUT2D eigenvalue weighted by atomic mass is 10.1. The second kappa shape index (κ2) is 5.34. The SMILES string of the molecule is N#CCO/N=C(\C#N)c1ccccc1. The number of benzene rings is 1. The third-order valence-corrected chi connectivity index (χ3v) is 1.44. The lowest BCUT2D eigenvalue weighted by Gasteiger charge is -1.96. The largest absolute Gasteiger partial charge is 0.379 e. The average Bonchev–Trinajstić information content (AvgIpc) is 2.26. The molecule has 0 atom stereocenters. The number of hydrogen-bond acceptors (Lipinski definition) is 4. The van der Waals surface area contributed by atoms with Crippen LogP contribution >= 0.6 is 0 Å². The van der Waals surface area contributed by atoms with Crippen molar-refractivity contribution in [1.82, 2.24) is 0 Å². The minimum Gasteiger partial charge on any atom is -0.379 e. The molecule has 0 radical (unpaired) electrons. The number of nitrogens with zero attached hydrogens (tertiary/aromatic N) is 3. The standard InChI is InChI=1S/C10H7N3O/c11-6-7-14-13-10(8-12)9-4-2-1-3-5-9/h1-5H,7H2/b13-10+. The fourth-order valence-electron chi connectivity index (χ4n) is 0.859. The number of oxime groups is 1. The van der Waals surface area contributed by atoms with Crippen LogP contribution in [0.2, 0.25) is 0 Å². The zero-order chi connectivity index (χ0) is 10.2. The van der Waals surface area contributed by atoms with Crippen molar-refractivity contribution in [3.05, 3.63) is 35.9 Å². The normalized spacial score (nSPS) is 10.0. The first-order valence-corrected chi connectivity index (χ1v) is 3.91. The lowest BCUT2D eigenvalue weighted by Crippen LogP contribution is -1.98. The maximum atomic E-state index is 8.74. The van der Waals surface area contributed by atoms with Crippen molar-refractivity contribution in [2.24, 2.45) is 5.16 Å². The third-order valence-electron chi connectivity index (χ3n) is 1.44. The fraction of sp³-hybridized carbons (Fsp3) is 0.100. The average molecular weight is 185 g/mol. The van der Waals surface area contributed by atoms with E-state index in [9.17, 15) is 0 Å². The summed E-state index contributed by atoms with van der Waals surface area (Å²) >= 11 is 0. The highest BCUT2D eigenvalue weighted by Crippen LogP contribution is 2.00. The van der Waals surface area contributed by atoms with Gasteiger partial charge in [0.05, 0.1) is 0 Å². The molecule has 1 aromatic carbocycles. The molecule has 0 N–H and O–H groups in total. The first-order valence-electron chi connectivity index (χ1n) is 3.91. The van der Waals surface area contributed by atoms with Crippen LogP contribution in [0.4, 0.5) is 0 Å². The Morgan fingerprint density at radius 3 is 2.57 bits per heavy atom. The maximum Gasteiger partial charge on any atom is 0.202 e. The molecule has 0 spiro atoms. The molecule has 14 heavy (non-hydrogen) atoms. The van der Waals surface area contributed by atoms with Crippen LogP contribution in [-0.4, -0.2) is 12.3 Å². The predicted molar refractivity (Wildman–Crippen MR) is 50.2 cm³/mol. The summed E-state index contributed by atoms with van der Waals surface area (Å²) in [5.74, 6) is 0. The second-order valence-corrected chi connectivity index (χ2v) is 2.35. The van der Waals surface area contributed by atoms with Crippen LogP contribution in [0.15, 0.2) is 35.5 Å². The van der Waals surface area contributed by atoms with E-state index in [1.54, 1.807) is 30.3 Å². The first-order chi connectivity index (χ1) is 6.88. The molecule has 0 heterocycles. The number of rotatable bonds is 3. The minimum atomic E-state index is -0.155. The third kappa shape index (κ3) is 2.62. The van der Waals surface area contributed by atoms with E-state index in [-0.39, 0.29) is 12.3 Å². The predicted octanol–water partition coefficient (Wildman–Crippen LogP) is 1.45. The van der Waals surface area contributed by atoms with Crippen molar-refractivity contribution in [1.29, 1.82) is 10.5 Å². The van der Waals surface area contributed by atoms with E-state index in [2.05, 4.69) is 9.99 Å². The van der Waals surface area contributed by atoms with Gasteiger partial charge < -0.3 is 4.84 Å². The summed E-state index contributed by atoms with van der Waals surface area (Å²) in [7, 11) is 0. The molecule has 4 nitrogen and oxygen atoms in total. The van der Waals surface area contributed by atoms with Gasteiger partial charge in [-0.05, 0) is 0 Å². The van der Waals surface area contributed by atoms with E-state index < -0.39 is 0 Å². The summed E-state index contributed by atoms with van der Waals surface area (Å²) in [6.07, 6.45) is 0. The van der Waals surface area contributed by atoms with Crippen LogP contribution in [0, 0.1) is 22.7 Å². The molecule has 4 heteroatoms. The van der Waals surface area contributed by atoms with Crippen LogP contribution in [0.1, 0.15) is 5.56 Å². The van der Waals surface area contributed by atoms with Gasteiger partial charge in [0.15, 0.2) is 5.71 Å². The van der Waals surface area contributed by atoms with Crippen molar-refractivity contribution in [3.8, 4) is 12.1 Å². The molecule has 0 aliphatic heterocycles. The monoisotopic (exact) mass is 185 g/mol.